The second-order valence-corrected chi connectivity index (χ2v) is 5.37. The van der Waals surface area contributed by atoms with Gasteiger partial charge in [-0.05, 0) is 31.5 Å². The molecule has 1 aromatic rings. The van der Waals surface area contributed by atoms with Crippen LogP contribution in [0, 0.1) is 6.92 Å². The number of benzene rings is 1. The second-order valence-electron chi connectivity index (χ2n) is 4.52. The van der Waals surface area contributed by atoms with E-state index in [1.807, 2.05) is 30.0 Å². The molecule has 0 bridgehead atoms. The highest BCUT2D eigenvalue weighted by molar-refractivity contribution is 9.10. The van der Waals surface area contributed by atoms with Crippen LogP contribution in [0.4, 0.5) is 0 Å². The third-order valence-electron chi connectivity index (χ3n) is 3.18. The zero-order valence-electron chi connectivity index (χ0n) is 10.6. The minimum absolute atomic E-state index is 0. The maximum atomic E-state index is 12.4. The lowest BCUT2D eigenvalue weighted by Gasteiger charge is -2.34. The molecule has 1 heterocycles. The molecule has 1 aliphatic heterocycles. The Hall–Kier alpha value is -0.580. The van der Waals surface area contributed by atoms with E-state index in [9.17, 15) is 4.79 Å². The lowest BCUT2D eigenvalue weighted by Crippen LogP contribution is -2.52. The van der Waals surface area contributed by atoms with Gasteiger partial charge >= 0.3 is 0 Å². The third-order valence-corrected chi connectivity index (χ3v) is 4.04. The van der Waals surface area contributed by atoms with E-state index in [0.29, 0.717) is 0 Å². The minimum atomic E-state index is 0. The van der Waals surface area contributed by atoms with E-state index in [-0.39, 0.29) is 24.4 Å². The average Bonchev–Trinajstić information content (AvgIpc) is 2.32. The van der Waals surface area contributed by atoms with E-state index < -0.39 is 0 Å². The predicted octanol–water partition coefficient (Wildman–Crippen LogP) is 2.61. The summed E-state index contributed by atoms with van der Waals surface area (Å²) >= 11 is 3.47. The van der Waals surface area contributed by atoms with Crippen molar-refractivity contribution < 1.29 is 4.79 Å². The molecule has 0 aromatic heterocycles. The van der Waals surface area contributed by atoms with Gasteiger partial charge in [-0.25, -0.2) is 0 Å². The summed E-state index contributed by atoms with van der Waals surface area (Å²) in [5, 5.41) is 3.29. The van der Waals surface area contributed by atoms with Gasteiger partial charge in [-0.15, -0.1) is 12.4 Å². The van der Waals surface area contributed by atoms with E-state index in [1.165, 1.54) is 0 Å². The highest BCUT2D eigenvalue weighted by Gasteiger charge is 2.24. The van der Waals surface area contributed by atoms with Gasteiger partial charge in [0.25, 0.3) is 5.91 Å². The van der Waals surface area contributed by atoms with Gasteiger partial charge in [-0.2, -0.15) is 0 Å². The van der Waals surface area contributed by atoms with Gasteiger partial charge in [0.05, 0.1) is 0 Å². The molecule has 3 nitrogen and oxygen atoms in total. The number of nitrogens with zero attached hydrogens (tertiary/aromatic N) is 1. The van der Waals surface area contributed by atoms with E-state index in [2.05, 4.69) is 28.2 Å². The number of carbonyl (C=O) groups excluding carboxylic acids is 1. The topological polar surface area (TPSA) is 32.3 Å². The summed E-state index contributed by atoms with van der Waals surface area (Å²) in [6.45, 7) is 6.63. The summed E-state index contributed by atoms with van der Waals surface area (Å²) in [4.78, 5) is 14.3. The fourth-order valence-electron chi connectivity index (χ4n) is 2.03. The first-order valence-corrected chi connectivity index (χ1v) is 6.66. The van der Waals surface area contributed by atoms with Crippen molar-refractivity contribution in [2.75, 3.05) is 19.6 Å². The largest absolute Gasteiger partial charge is 0.333 e. The standard InChI is InChI=1S/C13H17BrN2O.ClH/c1-9-3-4-11(7-12(9)14)13(17)16-6-5-15-8-10(16)2;/h3-4,7,10,15H,5-6,8H2,1-2H3;1H/t10-;/m0./s1. The lowest BCUT2D eigenvalue weighted by molar-refractivity contribution is 0.0655. The number of hydrogen-bond acceptors (Lipinski definition) is 2. The zero-order chi connectivity index (χ0) is 12.4. The molecule has 0 saturated carbocycles. The molecule has 5 heteroatoms. The van der Waals surface area contributed by atoms with Crippen molar-refractivity contribution in [3.05, 3.63) is 33.8 Å². The van der Waals surface area contributed by atoms with Gasteiger partial charge in [0.1, 0.15) is 0 Å². The Morgan fingerprint density at radius 2 is 2.22 bits per heavy atom. The summed E-state index contributed by atoms with van der Waals surface area (Å²) in [6.07, 6.45) is 0. The summed E-state index contributed by atoms with van der Waals surface area (Å²) in [6, 6.07) is 6.05. The molecule has 1 N–H and O–H groups in total. The Morgan fingerprint density at radius 1 is 1.50 bits per heavy atom. The van der Waals surface area contributed by atoms with Crippen LogP contribution in [0.3, 0.4) is 0 Å². The van der Waals surface area contributed by atoms with Crippen LogP contribution in [0.1, 0.15) is 22.8 Å². The Kier molecular flexibility index (Phi) is 5.63. The summed E-state index contributed by atoms with van der Waals surface area (Å²) in [5.41, 5.74) is 1.91. The van der Waals surface area contributed by atoms with Crippen molar-refractivity contribution in [1.29, 1.82) is 0 Å². The summed E-state index contributed by atoms with van der Waals surface area (Å²) in [7, 11) is 0. The van der Waals surface area contributed by atoms with Crippen LogP contribution in [0.15, 0.2) is 22.7 Å². The second kappa shape index (κ2) is 6.55. The van der Waals surface area contributed by atoms with Crippen molar-refractivity contribution in [1.82, 2.24) is 10.2 Å². The first kappa shape index (κ1) is 15.5. The molecule has 1 amide bonds. The number of amides is 1. The maximum Gasteiger partial charge on any atom is 0.254 e. The number of hydrogen-bond donors (Lipinski definition) is 1. The molecule has 0 unspecified atom stereocenters. The number of aryl methyl sites for hydroxylation is 1. The SMILES string of the molecule is Cc1ccc(C(=O)N2CCNC[C@@H]2C)cc1Br.Cl. The van der Waals surface area contributed by atoms with E-state index in [0.717, 1.165) is 35.2 Å². The first-order valence-electron chi connectivity index (χ1n) is 5.87. The Labute approximate surface area is 122 Å². The molecule has 0 spiro atoms. The monoisotopic (exact) mass is 332 g/mol. The fraction of sp³-hybridized carbons (Fsp3) is 0.462. The molecule has 0 radical (unpaired) electrons. The van der Waals surface area contributed by atoms with Crippen molar-refractivity contribution >= 4 is 34.2 Å². The Balaban J connectivity index is 0.00000162. The van der Waals surface area contributed by atoms with Gasteiger partial charge in [0.15, 0.2) is 0 Å². The summed E-state index contributed by atoms with van der Waals surface area (Å²) < 4.78 is 0.992. The van der Waals surface area contributed by atoms with Crippen LogP contribution in [0.5, 0.6) is 0 Å². The van der Waals surface area contributed by atoms with Crippen LogP contribution in [-0.4, -0.2) is 36.5 Å². The van der Waals surface area contributed by atoms with Crippen LogP contribution < -0.4 is 5.32 Å². The lowest BCUT2D eigenvalue weighted by atomic mass is 10.1. The number of carbonyl (C=O) groups is 1. The van der Waals surface area contributed by atoms with E-state index in [1.54, 1.807) is 0 Å². The molecule has 1 aliphatic rings. The normalized spacial score (nSPS) is 19.3. The third kappa shape index (κ3) is 3.25. The van der Waals surface area contributed by atoms with Gasteiger partial charge in [0, 0.05) is 35.7 Å². The molecule has 1 saturated heterocycles. The maximum absolute atomic E-state index is 12.4. The van der Waals surface area contributed by atoms with Gasteiger partial charge in [0.2, 0.25) is 0 Å². The van der Waals surface area contributed by atoms with Crippen LogP contribution >= 0.6 is 28.3 Å². The number of rotatable bonds is 1. The number of piperazine rings is 1. The van der Waals surface area contributed by atoms with Crippen molar-refractivity contribution in [3.63, 3.8) is 0 Å². The Morgan fingerprint density at radius 3 is 2.83 bits per heavy atom. The van der Waals surface area contributed by atoms with Crippen molar-refractivity contribution in [2.45, 2.75) is 19.9 Å². The van der Waals surface area contributed by atoms with E-state index in [4.69, 9.17) is 0 Å². The quantitative estimate of drug-likeness (QED) is 0.857. The highest BCUT2D eigenvalue weighted by atomic mass is 79.9. The molecule has 1 aromatic carbocycles. The van der Waals surface area contributed by atoms with Crippen LogP contribution in [-0.2, 0) is 0 Å². The molecule has 100 valence electrons. The van der Waals surface area contributed by atoms with Gasteiger partial charge < -0.3 is 10.2 Å². The number of halogens is 2. The zero-order valence-corrected chi connectivity index (χ0v) is 13.0. The van der Waals surface area contributed by atoms with Crippen molar-refractivity contribution in [2.24, 2.45) is 0 Å². The average molecular weight is 334 g/mol. The number of nitrogens with one attached hydrogen (secondary N) is 1. The Bertz CT molecular complexity index is 439. The van der Waals surface area contributed by atoms with Crippen LogP contribution in [0.2, 0.25) is 0 Å². The minimum Gasteiger partial charge on any atom is -0.333 e. The molecule has 18 heavy (non-hydrogen) atoms. The van der Waals surface area contributed by atoms with Gasteiger partial charge in [-0.1, -0.05) is 22.0 Å². The predicted molar refractivity (Wildman–Crippen MR) is 79.5 cm³/mol. The van der Waals surface area contributed by atoms with Gasteiger partial charge in [-0.3, -0.25) is 4.79 Å². The molecule has 1 fully saturated rings. The highest BCUT2D eigenvalue weighted by Crippen LogP contribution is 2.19. The van der Waals surface area contributed by atoms with Crippen molar-refractivity contribution in [3.8, 4) is 0 Å². The smallest absolute Gasteiger partial charge is 0.254 e. The van der Waals surface area contributed by atoms with E-state index >= 15 is 0 Å². The molecular weight excluding hydrogens is 316 g/mol. The molecular formula is C13H18BrClN2O. The molecule has 2 rings (SSSR count). The van der Waals surface area contributed by atoms with Crippen LogP contribution in [0.25, 0.3) is 0 Å². The summed E-state index contributed by atoms with van der Waals surface area (Å²) in [5.74, 6) is 0.125. The fourth-order valence-corrected chi connectivity index (χ4v) is 2.41. The molecule has 0 aliphatic carbocycles. The molecule has 1 atom stereocenters. The first-order chi connectivity index (χ1) is 8.09.